The normalized spacial score (nSPS) is 14.8. The van der Waals surface area contributed by atoms with E-state index in [0.717, 1.165) is 28.4 Å². The molecule has 2 aromatic carbocycles. The third kappa shape index (κ3) is 5.89. The van der Waals surface area contributed by atoms with Gasteiger partial charge in [-0.25, -0.2) is 0 Å². The van der Waals surface area contributed by atoms with Gasteiger partial charge in [-0.15, -0.1) is 24.0 Å². The number of anilines is 1. The molecule has 3 N–H and O–H groups in total. The van der Waals surface area contributed by atoms with Crippen LogP contribution < -0.4 is 20.5 Å². The molecule has 0 aliphatic carbocycles. The van der Waals surface area contributed by atoms with E-state index >= 15 is 0 Å². The van der Waals surface area contributed by atoms with Gasteiger partial charge >= 0.3 is 0 Å². The number of benzene rings is 2. The van der Waals surface area contributed by atoms with Gasteiger partial charge in [0.2, 0.25) is 0 Å². The Balaban J connectivity index is 0.00000280. The minimum Gasteiger partial charge on any atom is -0.490 e. The first-order valence-electron chi connectivity index (χ1n) is 8.92. The highest BCUT2D eigenvalue weighted by atomic mass is 127. The summed E-state index contributed by atoms with van der Waals surface area (Å²) in [5, 5.41) is 3.84. The molecule has 152 valence electrons. The highest BCUT2D eigenvalue weighted by molar-refractivity contribution is 14.0. The fourth-order valence-electron chi connectivity index (χ4n) is 2.90. The van der Waals surface area contributed by atoms with Gasteiger partial charge in [-0.2, -0.15) is 0 Å². The zero-order valence-electron chi connectivity index (χ0n) is 16.0. The van der Waals surface area contributed by atoms with Crippen molar-refractivity contribution < 1.29 is 9.47 Å². The van der Waals surface area contributed by atoms with Gasteiger partial charge in [0.1, 0.15) is 0 Å². The molecule has 1 aliphatic rings. The molecule has 1 atom stereocenters. The maximum absolute atomic E-state index is 6.34. The molecule has 1 unspecified atom stereocenters. The summed E-state index contributed by atoms with van der Waals surface area (Å²) in [7, 11) is 3.99. The molecule has 0 saturated carbocycles. The lowest BCUT2D eigenvalue weighted by Crippen LogP contribution is -2.27. The molecule has 1 heterocycles. The predicted molar refractivity (Wildman–Crippen MR) is 125 cm³/mol. The molecule has 1 aliphatic heterocycles. The van der Waals surface area contributed by atoms with Crippen molar-refractivity contribution in [3.8, 4) is 11.5 Å². The Kier molecular flexibility index (Phi) is 8.65. The van der Waals surface area contributed by atoms with E-state index in [1.807, 2.05) is 56.6 Å². The van der Waals surface area contributed by atoms with Crippen LogP contribution in [0.5, 0.6) is 11.5 Å². The number of halogens is 2. The third-order valence-corrected chi connectivity index (χ3v) is 4.69. The van der Waals surface area contributed by atoms with Crippen molar-refractivity contribution in [2.45, 2.75) is 12.5 Å². The SMILES string of the molecule is CN(C)C(CN=C(N)Nc1ccc2c(c1)OCCCO2)c1ccccc1Cl.I. The average Bonchev–Trinajstić information content (AvgIpc) is 2.88. The number of ether oxygens (including phenoxy) is 2. The van der Waals surface area contributed by atoms with Crippen LogP contribution in [0.3, 0.4) is 0 Å². The number of hydrogen-bond acceptors (Lipinski definition) is 4. The molecule has 8 heteroatoms. The quantitative estimate of drug-likeness (QED) is 0.355. The minimum atomic E-state index is 0. The summed E-state index contributed by atoms with van der Waals surface area (Å²) in [4.78, 5) is 6.58. The Morgan fingerprint density at radius 2 is 1.89 bits per heavy atom. The van der Waals surface area contributed by atoms with Crippen LogP contribution in [0, 0.1) is 0 Å². The number of likely N-dealkylation sites (N-methyl/N-ethyl adjacent to an activating group) is 1. The van der Waals surface area contributed by atoms with Crippen LogP contribution in [0.1, 0.15) is 18.0 Å². The molecule has 0 aromatic heterocycles. The molecule has 3 rings (SSSR count). The number of fused-ring (bicyclic) bond motifs is 1. The molecule has 0 spiro atoms. The lowest BCUT2D eigenvalue weighted by atomic mass is 10.1. The summed E-state index contributed by atoms with van der Waals surface area (Å²) < 4.78 is 11.3. The summed E-state index contributed by atoms with van der Waals surface area (Å²) >= 11 is 6.34. The third-order valence-electron chi connectivity index (χ3n) is 4.34. The molecule has 6 nitrogen and oxygen atoms in total. The summed E-state index contributed by atoms with van der Waals surface area (Å²) in [5.74, 6) is 1.80. The van der Waals surface area contributed by atoms with Crippen molar-refractivity contribution in [2.75, 3.05) is 39.2 Å². The maximum Gasteiger partial charge on any atom is 0.193 e. The topological polar surface area (TPSA) is 72.1 Å². The molecule has 0 radical (unpaired) electrons. The Labute approximate surface area is 188 Å². The minimum absolute atomic E-state index is 0. The molecule has 0 bridgehead atoms. The lowest BCUT2D eigenvalue weighted by Gasteiger charge is -2.24. The van der Waals surface area contributed by atoms with E-state index in [0.29, 0.717) is 31.5 Å². The first kappa shape index (κ1) is 22.6. The average molecular weight is 517 g/mol. The maximum atomic E-state index is 6.34. The van der Waals surface area contributed by atoms with Crippen LogP contribution in [-0.2, 0) is 0 Å². The standard InChI is InChI=1S/C20H25ClN4O2.HI/c1-25(2)17(15-6-3-4-7-16(15)21)13-23-20(22)24-14-8-9-18-19(12-14)27-11-5-10-26-18;/h3-4,6-9,12,17H,5,10-11,13H2,1-2H3,(H3,22,23,24);1H. The second kappa shape index (κ2) is 10.7. The Bertz CT molecular complexity index is 817. The van der Waals surface area contributed by atoms with E-state index in [1.165, 1.54) is 0 Å². The van der Waals surface area contributed by atoms with Crippen molar-refractivity contribution in [3.63, 3.8) is 0 Å². The monoisotopic (exact) mass is 516 g/mol. The van der Waals surface area contributed by atoms with Crippen molar-refractivity contribution in [2.24, 2.45) is 10.7 Å². The smallest absolute Gasteiger partial charge is 0.193 e. The lowest BCUT2D eigenvalue weighted by molar-refractivity contribution is 0.297. The van der Waals surface area contributed by atoms with Gasteiger partial charge in [0.25, 0.3) is 0 Å². The van der Waals surface area contributed by atoms with Gasteiger partial charge in [-0.1, -0.05) is 29.8 Å². The summed E-state index contributed by atoms with van der Waals surface area (Å²) in [6.45, 7) is 1.79. The van der Waals surface area contributed by atoms with Crippen LogP contribution >= 0.6 is 35.6 Å². The highest BCUT2D eigenvalue weighted by Gasteiger charge is 2.17. The number of nitrogens with zero attached hydrogens (tertiary/aromatic N) is 2. The van der Waals surface area contributed by atoms with Gasteiger partial charge < -0.3 is 25.4 Å². The fraction of sp³-hybridized carbons (Fsp3) is 0.350. The van der Waals surface area contributed by atoms with Crippen molar-refractivity contribution in [1.82, 2.24) is 4.90 Å². The molecular weight excluding hydrogens is 491 g/mol. The Morgan fingerprint density at radius 1 is 1.18 bits per heavy atom. The summed E-state index contributed by atoms with van der Waals surface area (Å²) in [5.41, 5.74) is 7.92. The fourth-order valence-corrected chi connectivity index (χ4v) is 3.16. The van der Waals surface area contributed by atoms with Crippen molar-refractivity contribution >= 4 is 47.2 Å². The van der Waals surface area contributed by atoms with Crippen LogP contribution in [0.25, 0.3) is 0 Å². The molecule has 0 amide bonds. The Morgan fingerprint density at radius 3 is 2.61 bits per heavy atom. The van der Waals surface area contributed by atoms with E-state index in [9.17, 15) is 0 Å². The van der Waals surface area contributed by atoms with Crippen LogP contribution in [0.15, 0.2) is 47.5 Å². The predicted octanol–water partition coefficient (Wildman–Crippen LogP) is 4.15. The highest BCUT2D eigenvalue weighted by Crippen LogP contribution is 2.32. The molecule has 0 fully saturated rings. The van der Waals surface area contributed by atoms with Crippen LogP contribution in [-0.4, -0.2) is 44.7 Å². The van der Waals surface area contributed by atoms with Crippen LogP contribution in [0.4, 0.5) is 5.69 Å². The number of rotatable bonds is 5. The first-order valence-corrected chi connectivity index (χ1v) is 9.30. The number of hydrogen-bond donors (Lipinski definition) is 2. The molecular formula is C20H26ClIN4O2. The van der Waals surface area contributed by atoms with Gasteiger partial charge in [-0.05, 0) is 37.9 Å². The Hall–Kier alpha value is -1.71. The van der Waals surface area contributed by atoms with Crippen LogP contribution in [0.2, 0.25) is 5.02 Å². The number of aliphatic imine (C=N–C) groups is 1. The van der Waals surface area contributed by atoms with Gasteiger partial charge in [0.15, 0.2) is 17.5 Å². The first-order chi connectivity index (χ1) is 13.0. The number of guanidine groups is 1. The summed E-state index contributed by atoms with van der Waals surface area (Å²) in [6.07, 6.45) is 0.870. The zero-order chi connectivity index (χ0) is 19.2. The molecule has 0 saturated heterocycles. The van der Waals surface area contributed by atoms with E-state index < -0.39 is 0 Å². The van der Waals surface area contributed by atoms with Crippen molar-refractivity contribution in [3.05, 3.63) is 53.1 Å². The zero-order valence-corrected chi connectivity index (χ0v) is 19.1. The molecule has 2 aromatic rings. The number of nitrogens with one attached hydrogen (secondary N) is 1. The molecule has 28 heavy (non-hydrogen) atoms. The second-order valence-electron chi connectivity index (χ2n) is 6.56. The van der Waals surface area contributed by atoms with Gasteiger partial charge in [0.05, 0.1) is 25.8 Å². The van der Waals surface area contributed by atoms with Crippen molar-refractivity contribution in [1.29, 1.82) is 0 Å². The van der Waals surface area contributed by atoms with Gasteiger partial charge in [-0.3, -0.25) is 4.99 Å². The van der Waals surface area contributed by atoms with E-state index in [-0.39, 0.29) is 30.0 Å². The van der Waals surface area contributed by atoms with E-state index in [1.54, 1.807) is 0 Å². The summed E-state index contributed by atoms with van der Waals surface area (Å²) in [6, 6.07) is 13.5. The second-order valence-corrected chi connectivity index (χ2v) is 6.97. The van der Waals surface area contributed by atoms with E-state index in [2.05, 4.69) is 15.2 Å². The largest absolute Gasteiger partial charge is 0.490 e. The van der Waals surface area contributed by atoms with E-state index in [4.69, 9.17) is 26.8 Å². The number of nitrogens with two attached hydrogens (primary N) is 1. The van der Waals surface area contributed by atoms with Gasteiger partial charge in [0, 0.05) is 23.2 Å².